The number of benzene rings is 2. The number of carbonyl (C=O) groups is 2. The molecule has 0 aliphatic carbocycles. The molecule has 230 valence electrons. The number of thiazole rings is 1. The first-order valence-electron chi connectivity index (χ1n) is 14.9. The van der Waals surface area contributed by atoms with Crippen LogP contribution < -0.4 is 9.64 Å². The Hall–Kier alpha value is -3.59. The molecule has 2 aliphatic rings. The molecule has 3 aromatic rings. The average molecular weight is 606 g/mol. The molecule has 2 atom stereocenters. The molecule has 0 bridgehead atoms. The van der Waals surface area contributed by atoms with Gasteiger partial charge in [-0.05, 0) is 95.7 Å². The molecule has 9 heteroatoms. The number of aromatic nitrogens is 1. The predicted octanol–water partition coefficient (Wildman–Crippen LogP) is 7.08. The molecule has 1 aromatic heterocycles. The van der Waals surface area contributed by atoms with Gasteiger partial charge in [0.1, 0.15) is 18.0 Å². The molecule has 1 saturated heterocycles. The maximum absolute atomic E-state index is 12.6. The number of fused-ring (bicyclic) bond motifs is 1. The van der Waals surface area contributed by atoms with E-state index in [-0.39, 0.29) is 18.1 Å². The van der Waals surface area contributed by atoms with Crippen molar-refractivity contribution in [1.29, 1.82) is 0 Å². The van der Waals surface area contributed by atoms with Crippen LogP contribution in [-0.4, -0.2) is 53.8 Å². The van der Waals surface area contributed by atoms with Crippen LogP contribution in [0.25, 0.3) is 11.3 Å². The zero-order chi connectivity index (χ0) is 31.1. The standard InChI is InChI=1S/C34H43N3O5S/c1-21-9-12-29(27(17-21)28-20-43-31(35-28)37-16-14-34(7,23(37)3)30(38)40-8)41-19-25-11-10-24-18-36(15-13-26(24)22(25)2)32(39)42-33(4,5)6/h9-12,17,20,23H,13-16,18-19H2,1-8H3/t23-,34+/m1/s1. The van der Waals surface area contributed by atoms with Crippen LogP contribution in [0.2, 0.25) is 0 Å². The van der Waals surface area contributed by atoms with Crippen molar-refractivity contribution in [2.75, 3.05) is 25.1 Å². The van der Waals surface area contributed by atoms with Crippen LogP contribution in [0.3, 0.4) is 0 Å². The molecular formula is C34H43N3O5S. The van der Waals surface area contributed by atoms with Gasteiger partial charge >= 0.3 is 12.1 Å². The molecule has 0 unspecified atom stereocenters. The van der Waals surface area contributed by atoms with Crippen LogP contribution >= 0.6 is 11.3 Å². The van der Waals surface area contributed by atoms with E-state index in [1.165, 1.54) is 18.2 Å². The van der Waals surface area contributed by atoms with Crippen molar-refractivity contribution < 1.29 is 23.8 Å². The summed E-state index contributed by atoms with van der Waals surface area (Å²) >= 11 is 1.59. The molecule has 1 fully saturated rings. The number of aryl methyl sites for hydroxylation is 1. The van der Waals surface area contributed by atoms with Crippen LogP contribution in [0.1, 0.15) is 68.9 Å². The van der Waals surface area contributed by atoms with Crippen molar-refractivity contribution in [1.82, 2.24) is 9.88 Å². The summed E-state index contributed by atoms with van der Waals surface area (Å²) in [6, 6.07) is 10.4. The summed E-state index contributed by atoms with van der Waals surface area (Å²) in [7, 11) is 1.45. The van der Waals surface area contributed by atoms with Gasteiger partial charge in [-0.3, -0.25) is 4.79 Å². The number of hydrogen-bond acceptors (Lipinski definition) is 8. The highest BCUT2D eigenvalue weighted by Gasteiger charge is 2.48. The smallest absolute Gasteiger partial charge is 0.410 e. The minimum Gasteiger partial charge on any atom is -0.488 e. The van der Waals surface area contributed by atoms with Gasteiger partial charge in [0.15, 0.2) is 5.13 Å². The third-order valence-electron chi connectivity index (χ3n) is 8.90. The lowest BCUT2D eigenvalue weighted by Crippen LogP contribution is -2.41. The summed E-state index contributed by atoms with van der Waals surface area (Å²) in [4.78, 5) is 34.1. The van der Waals surface area contributed by atoms with Crippen molar-refractivity contribution >= 4 is 28.5 Å². The zero-order valence-electron chi connectivity index (χ0n) is 26.6. The lowest BCUT2D eigenvalue weighted by atomic mass is 9.83. The van der Waals surface area contributed by atoms with Gasteiger partial charge < -0.3 is 24.0 Å². The van der Waals surface area contributed by atoms with Gasteiger partial charge in [0, 0.05) is 36.6 Å². The summed E-state index contributed by atoms with van der Waals surface area (Å²) in [5.41, 5.74) is 6.66. The number of nitrogens with zero attached hydrogens (tertiary/aromatic N) is 3. The van der Waals surface area contributed by atoms with E-state index in [0.29, 0.717) is 19.7 Å². The van der Waals surface area contributed by atoms with E-state index >= 15 is 0 Å². The molecule has 5 rings (SSSR count). The highest BCUT2D eigenvalue weighted by molar-refractivity contribution is 7.14. The Balaban J connectivity index is 1.31. The van der Waals surface area contributed by atoms with Gasteiger partial charge in [0.2, 0.25) is 0 Å². The number of carbonyl (C=O) groups excluding carboxylic acids is 2. The number of amides is 1. The quantitative estimate of drug-likeness (QED) is 0.278. The van der Waals surface area contributed by atoms with E-state index in [1.807, 2.05) is 33.8 Å². The average Bonchev–Trinajstić information content (AvgIpc) is 3.56. The first-order valence-corrected chi connectivity index (χ1v) is 15.8. The number of anilines is 1. The maximum Gasteiger partial charge on any atom is 0.410 e. The SMILES string of the molecule is COC(=O)[C@@]1(C)CCN(c2nc(-c3cc(C)ccc3OCc3ccc4c(c3C)CCN(C(=O)OC(C)(C)C)C4)cs2)[C@@H]1C. The fourth-order valence-corrected chi connectivity index (χ4v) is 6.97. The number of rotatable bonds is 6. The normalized spacial score (nSPS) is 20.1. The Labute approximate surface area is 259 Å². The first kappa shape index (κ1) is 30.9. The van der Waals surface area contributed by atoms with Gasteiger partial charge in [-0.15, -0.1) is 11.3 Å². The maximum atomic E-state index is 12.6. The number of methoxy groups -OCH3 is 1. The van der Waals surface area contributed by atoms with Gasteiger partial charge in [0.05, 0.1) is 18.2 Å². The van der Waals surface area contributed by atoms with E-state index in [9.17, 15) is 9.59 Å². The van der Waals surface area contributed by atoms with Gasteiger partial charge in [-0.2, -0.15) is 0 Å². The molecular weight excluding hydrogens is 562 g/mol. The number of ether oxygens (including phenoxy) is 3. The third kappa shape index (κ3) is 6.23. The van der Waals surface area contributed by atoms with E-state index in [4.69, 9.17) is 19.2 Å². The van der Waals surface area contributed by atoms with Crippen molar-refractivity contribution in [3.05, 3.63) is 63.5 Å². The van der Waals surface area contributed by atoms with Crippen molar-refractivity contribution in [3.63, 3.8) is 0 Å². The molecule has 2 aromatic carbocycles. The van der Waals surface area contributed by atoms with E-state index in [2.05, 4.69) is 55.3 Å². The third-order valence-corrected chi connectivity index (χ3v) is 9.78. The van der Waals surface area contributed by atoms with Crippen LogP contribution in [0.15, 0.2) is 35.7 Å². The lowest BCUT2D eigenvalue weighted by molar-refractivity contribution is -0.151. The topological polar surface area (TPSA) is 81.2 Å². The van der Waals surface area contributed by atoms with Gasteiger partial charge in [-0.25, -0.2) is 9.78 Å². The Morgan fingerprint density at radius 3 is 2.63 bits per heavy atom. The zero-order valence-corrected chi connectivity index (χ0v) is 27.4. The first-order chi connectivity index (χ1) is 20.3. The second kappa shape index (κ2) is 11.8. The Bertz CT molecular complexity index is 1530. The summed E-state index contributed by atoms with van der Waals surface area (Å²) in [5, 5.41) is 2.96. The van der Waals surface area contributed by atoms with Crippen molar-refractivity contribution in [2.24, 2.45) is 5.41 Å². The predicted molar refractivity (Wildman–Crippen MR) is 170 cm³/mol. The van der Waals surface area contributed by atoms with E-state index in [1.54, 1.807) is 16.2 Å². The molecule has 43 heavy (non-hydrogen) atoms. The van der Waals surface area contributed by atoms with Crippen LogP contribution in [-0.2, 0) is 33.8 Å². The van der Waals surface area contributed by atoms with Crippen molar-refractivity contribution in [2.45, 2.75) is 86.1 Å². The molecule has 8 nitrogen and oxygen atoms in total. The van der Waals surface area contributed by atoms with E-state index < -0.39 is 11.0 Å². The van der Waals surface area contributed by atoms with Gasteiger partial charge in [0.25, 0.3) is 0 Å². The van der Waals surface area contributed by atoms with Crippen LogP contribution in [0, 0.1) is 19.3 Å². The Morgan fingerprint density at radius 2 is 1.91 bits per heavy atom. The van der Waals surface area contributed by atoms with Gasteiger partial charge in [-0.1, -0.05) is 23.8 Å². The fourth-order valence-electron chi connectivity index (χ4n) is 6.04. The molecule has 2 aliphatic heterocycles. The molecule has 0 saturated carbocycles. The summed E-state index contributed by atoms with van der Waals surface area (Å²) in [6.07, 6.45) is 1.25. The summed E-state index contributed by atoms with van der Waals surface area (Å²) < 4.78 is 17.2. The van der Waals surface area contributed by atoms with Crippen molar-refractivity contribution in [3.8, 4) is 17.0 Å². The summed E-state index contributed by atoms with van der Waals surface area (Å²) in [6.45, 7) is 16.3. The lowest BCUT2D eigenvalue weighted by Gasteiger charge is -2.32. The second-order valence-corrected chi connectivity index (χ2v) is 13.8. The largest absolute Gasteiger partial charge is 0.488 e. The highest BCUT2D eigenvalue weighted by atomic mass is 32.1. The second-order valence-electron chi connectivity index (χ2n) is 13.0. The Morgan fingerprint density at radius 1 is 1.14 bits per heavy atom. The summed E-state index contributed by atoms with van der Waals surface area (Å²) in [5.74, 6) is 0.607. The fraction of sp³-hybridized carbons (Fsp3) is 0.500. The molecule has 1 amide bonds. The molecule has 3 heterocycles. The van der Waals surface area contributed by atoms with Crippen LogP contribution in [0.4, 0.5) is 9.93 Å². The molecule has 0 spiro atoms. The minimum absolute atomic E-state index is 0.0182. The van der Waals surface area contributed by atoms with Crippen LogP contribution in [0.5, 0.6) is 5.75 Å². The highest BCUT2D eigenvalue weighted by Crippen LogP contribution is 2.43. The number of hydrogen-bond donors (Lipinski definition) is 0. The number of esters is 1. The molecule has 0 radical (unpaired) electrons. The Kier molecular flexibility index (Phi) is 8.49. The minimum atomic E-state index is -0.557. The van der Waals surface area contributed by atoms with E-state index in [0.717, 1.165) is 58.2 Å². The monoisotopic (exact) mass is 605 g/mol. The molecule has 0 N–H and O–H groups in total.